The quantitative estimate of drug-likeness (QED) is 0.446. The van der Waals surface area contributed by atoms with E-state index < -0.39 is 5.91 Å². The van der Waals surface area contributed by atoms with Crippen LogP contribution in [0.2, 0.25) is 10.0 Å². The van der Waals surface area contributed by atoms with Gasteiger partial charge >= 0.3 is 0 Å². The van der Waals surface area contributed by atoms with Crippen LogP contribution in [-0.2, 0) is 0 Å². The zero-order chi connectivity index (χ0) is 24.9. The first-order valence-corrected chi connectivity index (χ1v) is 12.3. The fraction of sp³-hybridized carbons (Fsp3) is 0.192. The van der Waals surface area contributed by atoms with Crippen LogP contribution in [0.3, 0.4) is 0 Å². The number of amides is 2. The molecule has 3 aromatic carbocycles. The van der Waals surface area contributed by atoms with Gasteiger partial charge in [0.05, 0.1) is 10.6 Å². The van der Waals surface area contributed by atoms with Crippen molar-refractivity contribution in [3.63, 3.8) is 0 Å². The molecule has 1 heterocycles. The summed E-state index contributed by atoms with van der Waals surface area (Å²) >= 11 is 17.3. The SMILES string of the molecule is Cc1ccccc1C(=O)N1CCN(c2ccc(NC(=S)NC(=O)c3cc(Cl)ccc3Cl)cc2)CC1. The van der Waals surface area contributed by atoms with Gasteiger partial charge in [-0.2, -0.15) is 0 Å². The van der Waals surface area contributed by atoms with Gasteiger partial charge in [-0.25, -0.2) is 0 Å². The molecule has 35 heavy (non-hydrogen) atoms. The Morgan fingerprint density at radius 3 is 2.26 bits per heavy atom. The number of nitrogens with one attached hydrogen (secondary N) is 2. The molecule has 1 aliphatic rings. The third-order valence-electron chi connectivity index (χ3n) is 5.83. The van der Waals surface area contributed by atoms with E-state index in [0.717, 1.165) is 35.6 Å². The van der Waals surface area contributed by atoms with Gasteiger partial charge in [-0.1, -0.05) is 41.4 Å². The summed E-state index contributed by atoms with van der Waals surface area (Å²) in [5, 5.41) is 6.48. The fourth-order valence-corrected chi connectivity index (χ4v) is 4.50. The first kappa shape index (κ1) is 25.0. The molecule has 0 bridgehead atoms. The van der Waals surface area contributed by atoms with E-state index in [9.17, 15) is 9.59 Å². The molecule has 0 unspecified atom stereocenters. The Bertz CT molecular complexity index is 1260. The Hall–Kier alpha value is -3.13. The van der Waals surface area contributed by atoms with Crippen molar-refractivity contribution >= 4 is 63.7 Å². The van der Waals surface area contributed by atoms with Crippen LogP contribution >= 0.6 is 35.4 Å². The molecule has 3 aromatic rings. The average molecular weight is 527 g/mol. The minimum absolute atomic E-state index is 0.0805. The highest BCUT2D eigenvalue weighted by Gasteiger charge is 2.23. The molecule has 2 N–H and O–H groups in total. The number of carbonyl (C=O) groups is 2. The van der Waals surface area contributed by atoms with Crippen LogP contribution in [0, 0.1) is 6.92 Å². The number of hydrogen-bond acceptors (Lipinski definition) is 4. The van der Waals surface area contributed by atoms with Gasteiger partial charge in [0, 0.05) is 48.1 Å². The van der Waals surface area contributed by atoms with Gasteiger partial charge in [0.2, 0.25) is 0 Å². The number of halogens is 2. The summed E-state index contributed by atoms with van der Waals surface area (Å²) < 4.78 is 0. The zero-order valence-electron chi connectivity index (χ0n) is 19.1. The van der Waals surface area contributed by atoms with Gasteiger partial charge in [0.15, 0.2) is 5.11 Å². The minimum Gasteiger partial charge on any atom is -0.368 e. The molecule has 0 spiro atoms. The molecule has 0 aromatic heterocycles. The first-order chi connectivity index (χ1) is 16.8. The number of anilines is 2. The Morgan fingerprint density at radius 1 is 0.886 bits per heavy atom. The number of piperazine rings is 1. The van der Waals surface area contributed by atoms with E-state index in [1.54, 1.807) is 12.1 Å². The fourth-order valence-electron chi connectivity index (χ4n) is 3.91. The van der Waals surface area contributed by atoms with Crippen molar-refractivity contribution in [2.45, 2.75) is 6.92 Å². The Kier molecular flexibility index (Phi) is 7.90. The molecule has 2 amide bonds. The maximum absolute atomic E-state index is 12.9. The lowest BCUT2D eigenvalue weighted by molar-refractivity contribution is 0.0746. The Labute approximate surface area is 219 Å². The molecule has 6 nitrogen and oxygen atoms in total. The molecule has 180 valence electrons. The molecule has 9 heteroatoms. The number of carbonyl (C=O) groups excluding carboxylic acids is 2. The predicted molar refractivity (Wildman–Crippen MR) is 146 cm³/mol. The lowest BCUT2D eigenvalue weighted by atomic mass is 10.1. The van der Waals surface area contributed by atoms with Gasteiger partial charge in [-0.05, 0) is 73.2 Å². The van der Waals surface area contributed by atoms with Crippen molar-refractivity contribution in [1.82, 2.24) is 10.2 Å². The first-order valence-electron chi connectivity index (χ1n) is 11.1. The van der Waals surface area contributed by atoms with E-state index in [2.05, 4.69) is 15.5 Å². The molecule has 1 aliphatic heterocycles. The largest absolute Gasteiger partial charge is 0.368 e. The minimum atomic E-state index is -0.440. The van der Waals surface area contributed by atoms with E-state index in [4.69, 9.17) is 35.4 Å². The number of hydrogen-bond donors (Lipinski definition) is 2. The summed E-state index contributed by atoms with van der Waals surface area (Å²) in [6.45, 7) is 4.78. The second-order valence-corrected chi connectivity index (χ2v) is 9.43. The van der Waals surface area contributed by atoms with E-state index in [1.165, 1.54) is 6.07 Å². The predicted octanol–water partition coefficient (Wildman–Crippen LogP) is 5.39. The molecule has 1 saturated heterocycles. The Morgan fingerprint density at radius 2 is 1.57 bits per heavy atom. The lowest BCUT2D eigenvalue weighted by Gasteiger charge is -2.36. The highest BCUT2D eigenvalue weighted by Crippen LogP contribution is 2.22. The van der Waals surface area contributed by atoms with Crippen molar-refractivity contribution in [3.8, 4) is 0 Å². The number of benzene rings is 3. The van der Waals surface area contributed by atoms with Crippen LogP contribution in [0.5, 0.6) is 0 Å². The van der Waals surface area contributed by atoms with Crippen molar-refractivity contribution in [2.75, 3.05) is 36.4 Å². The molecular formula is C26H24Cl2N4O2S. The monoisotopic (exact) mass is 526 g/mol. The summed E-state index contributed by atoms with van der Waals surface area (Å²) in [5.41, 5.74) is 3.80. The van der Waals surface area contributed by atoms with Crippen LogP contribution in [0.4, 0.5) is 11.4 Å². The van der Waals surface area contributed by atoms with Crippen LogP contribution in [0.25, 0.3) is 0 Å². The topological polar surface area (TPSA) is 64.7 Å². The molecule has 0 atom stereocenters. The van der Waals surface area contributed by atoms with Gasteiger partial charge < -0.3 is 15.1 Å². The summed E-state index contributed by atoms with van der Waals surface area (Å²) in [6.07, 6.45) is 0. The molecule has 1 fully saturated rings. The standard InChI is InChI=1S/C26H24Cl2N4O2S/c1-17-4-2-3-5-21(17)25(34)32-14-12-31(13-15-32)20-9-7-19(8-10-20)29-26(35)30-24(33)22-16-18(27)6-11-23(22)28/h2-11,16H,12-15H2,1H3,(H2,29,30,33,35). The maximum Gasteiger partial charge on any atom is 0.258 e. The van der Waals surface area contributed by atoms with Crippen LogP contribution in [-0.4, -0.2) is 48.0 Å². The number of aryl methyl sites for hydroxylation is 1. The van der Waals surface area contributed by atoms with Gasteiger partial charge in [-0.15, -0.1) is 0 Å². The molecular weight excluding hydrogens is 503 g/mol. The smallest absolute Gasteiger partial charge is 0.258 e. The molecule has 0 saturated carbocycles. The lowest BCUT2D eigenvalue weighted by Crippen LogP contribution is -2.48. The third-order valence-corrected chi connectivity index (χ3v) is 6.60. The maximum atomic E-state index is 12.9. The highest BCUT2D eigenvalue weighted by atomic mass is 35.5. The van der Waals surface area contributed by atoms with E-state index in [-0.39, 0.29) is 16.6 Å². The summed E-state index contributed by atoms with van der Waals surface area (Å²) in [6, 6.07) is 20.1. The van der Waals surface area contributed by atoms with Gasteiger partial charge in [0.25, 0.3) is 11.8 Å². The summed E-state index contributed by atoms with van der Waals surface area (Å²) in [4.78, 5) is 29.5. The average Bonchev–Trinajstić information content (AvgIpc) is 2.86. The van der Waals surface area contributed by atoms with Gasteiger partial charge in [0.1, 0.15) is 0 Å². The van der Waals surface area contributed by atoms with Crippen molar-refractivity contribution in [2.24, 2.45) is 0 Å². The van der Waals surface area contributed by atoms with Crippen LogP contribution < -0.4 is 15.5 Å². The zero-order valence-corrected chi connectivity index (χ0v) is 21.4. The van der Waals surface area contributed by atoms with Crippen molar-refractivity contribution in [1.29, 1.82) is 0 Å². The number of nitrogens with zero attached hydrogens (tertiary/aromatic N) is 2. The number of rotatable bonds is 4. The van der Waals surface area contributed by atoms with E-state index >= 15 is 0 Å². The Balaban J connectivity index is 1.30. The second-order valence-electron chi connectivity index (χ2n) is 8.17. The molecule has 4 rings (SSSR count). The summed E-state index contributed by atoms with van der Waals surface area (Å²) in [5.74, 6) is -0.360. The molecule has 0 radical (unpaired) electrons. The van der Waals surface area contributed by atoms with Crippen LogP contribution in [0.15, 0.2) is 66.7 Å². The second kappa shape index (κ2) is 11.1. The van der Waals surface area contributed by atoms with Gasteiger partial charge in [-0.3, -0.25) is 14.9 Å². The van der Waals surface area contributed by atoms with Crippen LogP contribution in [0.1, 0.15) is 26.3 Å². The normalized spacial score (nSPS) is 13.3. The van der Waals surface area contributed by atoms with Crippen molar-refractivity contribution in [3.05, 3.63) is 93.5 Å². The summed E-state index contributed by atoms with van der Waals surface area (Å²) in [7, 11) is 0. The molecule has 0 aliphatic carbocycles. The highest BCUT2D eigenvalue weighted by molar-refractivity contribution is 7.80. The van der Waals surface area contributed by atoms with Crippen molar-refractivity contribution < 1.29 is 9.59 Å². The van der Waals surface area contributed by atoms with E-state index in [0.29, 0.717) is 23.1 Å². The third kappa shape index (κ3) is 6.11. The van der Waals surface area contributed by atoms with E-state index in [1.807, 2.05) is 60.4 Å². The number of thiocarbonyl (C=S) groups is 1.